The van der Waals surface area contributed by atoms with Crippen molar-refractivity contribution in [3.05, 3.63) is 58.7 Å². The van der Waals surface area contributed by atoms with Crippen molar-refractivity contribution in [1.29, 1.82) is 0 Å². The summed E-state index contributed by atoms with van der Waals surface area (Å²) in [6.45, 7) is 2.88. The first-order valence-electron chi connectivity index (χ1n) is 14.2. The molecule has 0 atom stereocenters. The number of ether oxygens (including phenoxy) is 1. The van der Waals surface area contributed by atoms with E-state index in [-0.39, 0.29) is 11.8 Å². The van der Waals surface area contributed by atoms with E-state index in [0.717, 1.165) is 61.1 Å². The Morgan fingerprint density at radius 2 is 1.82 bits per heavy atom. The Bertz CT molecular complexity index is 1340. The Labute approximate surface area is 228 Å². The highest BCUT2D eigenvalue weighted by Crippen LogP contribution is 2.36. The van der Waals surface area contributed by atoms with Crippen molar-refractivity contribution in [1.82, 2.24) is 35.0 Å². The first-order chi connectivity index (χ1) is 19.0. The van der Waals surface area contributed by atoms with Crippen LogP contribution in [0.25, 0.3) is 0 Å². The van der Waals surface area contributed by atoms with Gasteiger partial charge in [0.15, 0.2) is 5.69 Å². The molecule has 39 heavy (non-hydrogen) atoms. The first-order valence-corrected chi connectivity index (χ1v) is 14.2. The lowest BCUT2D eigenvalue weighted by molar-refractivity contribution is -0.133. The summed E-state index contributed by atoms with van der Waals surface area (Å²) in [6.07, 6.45) is 9.29. The van der Waals surface area contributed by atoms with Crippen molar-refractivity contribution in [3.63, 3.8) is 0 Å². The number of carbonyl (C=O) groups is 2. The van der Waals surface area contributed by atoms with Crippen molar-refractivity contribution >= 4 is 11.8 Å². The molecule has 1 N–H and O–H groups in total. The highest BCUT2D eigenvalue weighted by atomic mass is 16.5. The van der Waals surface area contributed by atoms with Crippen LogP contribution in [0.15, 0.2) is 30.5 Å². The van der Waals surface area contributed by atoms with Crippen LogP contribution in [0, 0.1) is 5.41 Å². The Morgan fingerprint density at radius 3 is 2.64 bits per heavy atom. The number of aryl methyl sites for hydroxylation is 2. The van der Waals surface area contributed by atoms with Gasteiger partial charge in [0.05, 0.1) is 17.7 Å². The molecule has 0 unspecified atom stereocenters. The minimum absolute atomic E-state index is 0.00936. The SMILES string of the molecule is Cn1nc(C(=O)N2CCC3(CC2)Cc2cn(nn2)CCCOc2ccc(cc2)CCNC3=O)c2c1CCCC2. The highest BCUT2D eigenvalue weighted by molar-refractivity contribution is 5.94. The molecule has 0 saturated carbocycles. The van der Waals surface area contributed by atoms with Crippen LogP contribution in [0.3, 0.4) is 0 Å². The van der Waals surface area contributed by atoms with Gasteiger partial charge in [-0.1, -0.05) is 17.3 Å². The molecule has 7 rings (SSSR count). The van der Waals surface area contributed by atoms with Gasteiger partial charge in [0.1, 0.15) is 5.75 Å². The molecule has 5 heterocycles. The number of amides is 2. The van der Waals surface area contributed by atoms with Gasteiger partial charge in [-0.25, -0.2) is 0 Å². The van der Waals surface area contributed by atoms with E-state index in [1.165, 1.54) is 5.69 Å². The maximum absolute atomic E-state index is 13.7. The van der Waals surface area contributed by atoms with Crippen LogP contribution in [0.4, 0.5) is 0 Å². The molecule has 3 aromatic rings. The van der Waals surface area contributed by atoms with Crippen LogP contribution < -0.4 is 10.1 Å². The zero-order chi connectivity index (χ0) is 26.8. The van der Waals surface area contributed by atoms with E-state index in [4.69, 9.17) is 4.74 Å². The maximum Gasteiger partial charge on any atom is 0.274 e. The van der Waals surface area contributed by atoms with Crippen LogP contribution in [-0.2, 0) is 44.1 Å². The van der Waals surface area contributed by atoms with Gasteiger partial charge in [0.2, 0.25) is 5.91 Å². The van der Waals surface area contributed by atoms with E-state index in [1.54, 1.807) is 0 Å². The summed E-state index contributed by atoms with van der Waals surface area (Å²) in [7, 11) is 1.94. The maximum atomic E-state index is 13.7. The Hall–Kier alpha value is -3.69. The van der Waals surface area contributed by atoms with Crippen molar-refractivity contribution in [2.45, 2.75) is 64.3 Å². The molecule has 1 aromatic carbocycles. The lowest BCUT2D eigenvalue weighted by Crippen LogP contribution is -2.51. The lowest BCUT2D eigenvalue weighted by atomic mass is 9.73. The third-order valence-electron chi connectivity index (χ3n) is 8.59. The van der Waals surface area contributed by atoms with Gasteiger partial charge < -0.3 is 15.0 Å². The zero-order valence-electron chi connectivity index (χ0n) is 22.7. The number of aromatic nitrogens is 5. The summed E-state index contributed by atoms with van der Waals surface area (Å²) in [5, 5.41) is 16.5. The molecule has 1 aliphatic carbocycles. The molecule has 206 valence electrons. The molecule has 1 spiro atoms. The van der Waals surface area contributed by atoms with E-state index < -0.39 is 5.41 Å². The summed E-state index contributed by atoms with van der Waals surface area (Å²) in [5.74, 6) is 0.867. The number of fused-ring (bicyclic) bond motifs is 9. The predicted molar refractivity (Wildman–Crippen MR) is 144 cm³/mol. The number of likely N-dealkylation sites (tertiary alicyclic amines) is 1. The number of hydrogen-bond acceptors (Lipinski definition) is 6. The smallest absolute Gasteiger partial charge is 0.274 e. The first kappa shape index (κ1) is 25.6. The molecule has 2 amide bonds. The summed E-state index contributed by atoms with van der Waals surface area (Å²) in [5.41, 5.74) is 4.22. The highest BCUT2D eigenvalue weighted by Gasteiger charge is 2.43. The van der Waals surface area contributed by atoms with E-state index in [9.17, 15) is 9.59 Å². The van der Waals surface area contributed by atoms with Gasteiger partial charge in [0, 0.05) is 63.5 Å². The second-order valence-corrected chi connectivity index (χ2v) is 11.2. The average molecular weight is 532 g/mol. The third-order valence-corrected chi connectivity index (χ3v) is 8.59. The standard InChI is InChI=1S/C29H37N7O3/c1-34-25-6-3-2-5-24(25)26(32-34)27(37)35-16-12-29(13-17-35)19-22-20-36(33-31-22)15-4-18-39-23-9-7-21(8-10-23)11-14-30-28(29)38/h7-10,20H,2-6,11-19H2,1H3,(H,30,38). The number of piperidine rings is 1. The van der Waals surface area contributed by atoms with Crippen LogP contribution >= 0.6 is 0 Å². The molecule has 4 bridgehead atoms. The Morgan fingerprint density at radius 1 is 1.03 bits per heavy atom. The second kappa shape index (κ2) is 10.8. The van der Waals surface area contributed by atoms with E-state index in [2.05, 4.69) is 32.9 Å². The van der Waals surface area contributed by atoms with E-state index in [1.807, 2.05) is 39.6 Å². The van der Waals surface area contributed by atoms with Gasteiger partial charge in [-0.3, -0.25) is 19.0 Å². The normalized spacial score (nSPS) is 19.7. The lowest BCUT2D eigenvalue weighted by Gasteiger charge is -2.40. The predicted octanol–water partition coefficient (Wildman–Crippen LogP) is 2.50. The number of nitrogens with zero attached hydrogens (tertiary/aromatic N) is 6. The summed E-state index contributed by atoms with van der Waals surface area (Å²) in [6, 6.07) is 8.07. The minimum atomic E-state index is -0.637. The summed E-state index contributed by atoms with van der Waals surface area (Å²) >= 11 is 0. The molecule has 1 fully saturated rings. The topological polar surface area (TPSA) is 107 Å². The fraction of sp³-hybridized carbons (Fsp3) is 0.552. The van der Waals surface area contributed by atoms with Gasteiger partial charge >= 0.3 is 0 Å². The number of hydrogen-bond donors (Lipinski definition) is 1. The fourth-order valence-corrected chi connectivity index (χ4v) is 6.27. The second-order valence-electron chi connectivity index (χ2n) is 11.2. The van der Waals surface area contributed by atoms with Crippen molar-refractivity contribution in [3.8, 4) is 5.75 Å². The zero-order valence-corrected chi connectivity index (χ0v) is 22.7. The van der Waals surface area contributed by atoms with Crippen molar-refractivity contribution in [2.75, 3.05) is 26.2 Å². The van der Waals surface area contributed by atoms with Crippen LogP contribution in [-0.4, -0.2) is 67.7 Å². The third kappa shape index (κ3) is 5.29. The average Bonchev–Trinajstić information content (AvgIpc) is 3.55. The molecule has 3 aliphatic heterocycles. The minimum Gasteiger partial charge on any atom is -0.494 e. The molecule has 1 saturated heterocycles. The number of carbonyl (C=O) groups excluding carboxylic acids is 2. The molecule has 10 nitrogen and oxygen atoms in total. The largest absolute Gasteiger partial charge is 0.494 e. The number of nitrogens with one attached hydrogen (secondary N) is 1. The molecule has 2 aromatic heterocycles. The number of rotatable bonds is 1. The van der Waals surface area contributed by atoms with Crippen molar-refractivity contribution < 1.29 is 14.3 Å². The molecule has 10 heteroatoms. The summed E-state index contributed by atoms with van der Waals surface area (Å²) < 4.78 is 9.57. The monoisotopic (exact) mass is 531 g/mol. The molecular formula is C29H37N7O3. The van der Waals surface area contributed by atoms with E-state index in [0.29, 0.717) is 57.7 Å². The summed E-state index contributed by atoms with van der Waals surface area (Å²) in [4.78, 5) is 29.2. The quantitative estimate of drug-likeness (QED) is 0.517. The van der Waals surface area contributed by atoms with Crippen LogP contribution in [0.2, 0.25) is 0 Å². The molecule has 4 aliphatic rings. The van der Waals surface area contributed by atoms with E-state index >= 15 is 0 Å². The van der Waals surface area contributed by atoms with Gasteiger partial charge in [0.25, 0.3) is 5.91 Å². The number of benzene rings is 1. The van der Waals surface area contributed by atoms with Crippen molar-refractivity contribution in [2.24, 2.45) is 12.5 Å². The van der Waals surface area contributed by atoms with Crippen LogP contribution in [0.5, 0.6) is 5.75 Å². The molecular weight excluding hydrogens is 494 g/mol. The molecule has 0 radical (unpaired) electrons. The van der Waals surface area contributed by atoms with Crippen LogP contribution in [0.1, 0.15) is 65.1 Å². The fourth-order valence-electron chi connectivity index (χ4n) is 6.27. The Balaban J connectivity index is 1.20. The van der Waals surface area contributed by atoms with Gasteiger partial charge in [-0.15, -0.1) is 5.10 Å². The van der Waals surface area contributed by atoms with Gasteiger partial charge in [-0.05, 0) is 62.6 Å². The van der Waals surface area contributed by atoms with Gasteiger partial charge in [-0.2, -0.15) is 5.10 Å². The Kier molecular flexibility index (Phi) is 7.10.